The highest BCUT2D eigenvalue weighted by atomic mass is 35.5. The molecule has 0 unspecified atom stereocenters. The predicted octanol–water partition coefficient (Wildman–Crippen LogP) is 4.26. The number of likely N-dealkylation sites (N-methyl/N-ethyl adjacent to an activating group) is 1. The van der Waals surface area contributed by atoms with E-state index in [1.54, 1.807) is 36.3 Å². The second kappa shape index (κ2) is 8.65. The first-order valence-corrected chi connectivity index (χ1v) is 9.85. The van der Waals surface area contributed by atoms with Crippen LogP contribution in [-0.2, 0) is 15.0 Å². The molecular weight excluding hydrogens is 376 g/mol. The van der Waals surface area contributed by atoms with Crippen LogP contribution in [-0.4, -0.2) is 36.9 Å². The SMILES string of the molecule is CCN(CC(=O)Nc1cccc(OC)c1)C(=O)C1(c2cccc(Cl)c2)CCC1. The maximum absolute atomic E-state index is 13.4. The summed E-state index contributed by atoms with van der Waals surface area (Å²) in [6, 6.07) is 14.6. The molecule has 1 N–H and O–H groups in total. The lowest BCUT2D eigenvalue weighted by Crippen LogP contribution is -2.52. The van der Waals surface area contributed by atoms with Crippen LogP contribution in [0.2, 0.25) is 5.02 Å². The minimum atomic E-state index is -0.572. The van der Waals surface area contributed by atoms with Crippen LogP contribution in [0, 0.1) is 0 Å². The first kappa shape index (κ1) is 20.2. The lowest BCUT2D eigenvalue weighted by Gasteiger charge is -2.43. The standard InChI is InChI=1S/C22H25ClN2O3/c1-3-25(15-20(26)24-18-9-5-10-19(14-18)28-2)21(27)22(11-6-12-22)16-7-4-8-17(23)13-16/h4-5,7-10,13-14H,3,6,11-12,15H2,1-2H3,(H,24,26). The van der Waals surface area contributed by atoms with Gasteiger partial charge >= 0.3 is 0 Å². The van der Waals surface area contributed by atoms with Gasteiger partial charge in [0.25, 0.3) is 0 Å². The third kappa shape index (κ3) is 4.14. The van der Waals surface area contributed by atoms with Gasteiger partial charge in [-0.15, -0.1) is 0 Å². The van der Waals surface area contributed by atoms with E-state index < -0.39 is 5.41 Å². The summed E-state index contributed by atoms with van der Waals surface area (Å²) in [7, 11) is 1.58. The largest absolute Gasteiger partial charge is 0.497 e. The number of halogens is 1. The molecule has 1 fully saturated rings. The maximum atomic E-state index is 13.4. The van der Waals surface area contributed by atoms with Crippen LogP contribution in [0.1, 0.15) is 31.7 Å². The summed E-state index contributed by atoms with van der Waals surface area (Å²) in [5.41, 5.74) is 1.00. The second-order valence-electron chi connectivity index (χ2n) is 7.05. The average molecular weight is 401 g/mol. The topological polar surface area (TPSA) is 58.6 Å². The molecule has 6 heteroatoms. The number of carbonyl (C=O) groups is 2. The Labute approximate surface area is 170 Å². The number of anilines is 1. The number of rotatable bonds is 7. The fourth-order valence-electron chi connectivity index (χ4n) is 3.65. The molecule has 0 spiro atoms. The Morgan fingerprint density at radius 1 is 1.18 bits per heavy atom. The molecule has 0 bridgehead atoms. The molecule has 0 radical (unpaired) electrons. The molecule has 0 aromatic heterocycles. The molecule has 0 heterocycles. The zero-order valence-electron chi connectivity index (χ0n) is 16.2. The number of methoxy groups -OCH3 is 1. The molecule has 2 aromatic carbocycles. The van der Waals surface area contributed by atoms with Gasteiger partial charge in [0.05, 0.1) is 19.1 Å². The van der Waals surface area contributed by atoms with Gasteiger partial charge in [-0.3, -0.25) is 9.59 Å². The van der Waals surface area contributed by atoms with Crippen molar-refractivity contribution in [2.24, 2.45) is 0 Å². The van der Waals surface area contributed by atoms with Crippen molar-refractivity contribution in [2.45, 2.75) is 31.6 Å². The molecule has 2 amide bonds. The number of carbonyl (C=O) groups excluding carboxylic acids is 2. The van der Waals surface area contributed by atoms with E-state index in [0.29, 0.717) is 23.0 Å². The maximum Gasteiger partial charge on any atom is 0.243 e. The minimum absolute atomic E-state index is 0.00879. The third-order valence-corrected chi connectivity index (χ3v) is 5.59. The highest BCUT2D eigenvalue weighted by Crippen LogP contribution is 2.45. The molecule has 5 nitrogen and oxygen atoms in total. The van der Waals surface area contributed by atoms with Crippen LogP contribution < -0.4 is 10.1 Å². The quantitative estimate of drug-likeness (QED) is 0.755. The van der Waals surface area contributed by atoms with Gasteiger partial charge in [0.15, 0.2) is 0 Å². The lowest BCUT2D eigenvalue weighted by molar-refractivity contribution is -0.143. The summed E-state index contributed by atoms with van der Waals surface area (Å²) in [4.78, 5) is 27.5. The fraction of sp³-hybridized carbons (Fsp3) is 0.364. The number of amides is 2. The molecule has 0 atom stereocenters. The summed E-state index contributed by atoms with van der Waals surface area (Å²) in [5, 5.41) is 3.46. The molecule has 3 rings (SSSR count). The van der Waals surface area contributed by atoms with E-state index in [-0.39, 0.29) is 18.4 Å². The minimum Gasteiger partial charge on any atom is -0.497 e. The summed E-state index contributed by atoms with van der Waals surface area (Å²) in [6.07, 6.45) is 2.55. The molecule has 0 aliphatic heterocycles. The van der Waals surface area contributed by atoms with E-state index in [4.69, 9.17) is 16.3 Å². The van der Waals surface area contributed by atoms with Crippen molar-refractivity contribution in [1.29, 1.82) is 0 Å². The Morgan fingerprint density at radius 3 is 2.54 bits per heavy atom. The number of nitrogens with zero attached hydrogens (tertiary/aromatic N) is 1. The van der Waals surface area contributed by atoms with E-state index in [0.717, 1.165) is 24.8 Å². The van der Waals surface area contributed by atoms with Crippen LogP contribution in [0.3, 0.4) is 0 Å². The Morgan fingerprint density at radius 2 is 1.93 bits per heavy atom. The summed E-state index contributed by atoms with van der Waals surface area (Å²) < 4.78 is 5.18. The van der Waals surface area contributed by atoms with E-state index >= 15 is 0 Å². The Hall–Kier alpha value is -2.53. The van der Waals surface area contributed by atoms with Crippen molar-refractivity contribution in [3.8, 4) is 5.75 Å². The Kier molecular flexibility index (Phi) is 6.25. The molecule has 1 saturated carbocycles. The van der Waals surface area contributed by atoms with E-state index in [2.05, 4.69) is 5.32 Å². The third-order valence-electron chi connectivity index (χ3n) is 5.35. The van der Waals surface area contributed by atoms with Gasteiger partial charge in [-0.25, -0.2) is 0 Å². The Balaban J connectivity index is 1.73. The van der Waals surface area contributed by atoms with Gasteiger partial charge < -0.3 is 15.0 Å². The predicted molar refractivity (Wildman–Crippen MR) is 111 cm³/mol. The van der Waals surface area contributed by atoms with E-state index in [9.17, 15) is 9.59 Å². The van der Waals surface area contributed by atoms with Crippen molar-refractivity contribution < 1.29 is 14.3 Å². The number of nitrogens with one attached hydrogen (secondary N) is 1. The normalized spacial score (nSPS) is 14.7. The molecule has 28 heavy (non-hydrogen) atoms. The zero-order chi connectivity index (χ0) is 20.1. The van der Waals surface area contributed by atoms with Crippen LogP contribution in [0.5, 0.6) is 5.75 Å². The van der Waals surface area contributed by atoms with Crippen LogP contribution in [0.4, 0.5) is 5.69 Å². The summed E-state index contributed by atoms with van der Waals surface area (Å²) in [6.45, 7) is 2.36. The van der Waals surface area contributed by atoms with Gasteiger partial charge in [-0.2, -0.15) is 0 Å². The van der Waals surface area contributed by atoms with Crippen LogP contribution >= 0.6 is 11.6 Å². The van der Waals surface area contributed by atoms with Crippen LogP contribution in [0.15, 0.2) is 48.5 Å². The van der Waals surface area contributed by atoms with Crippen molar-refractivity contribution >= 4 is 29.1 Å². The molecule has 0 saturated heterocycles. The summed E-state index contributed by atoms with van der Waals surface area (Å²) >= 11 is 6.15. The highest BCUT2D eigenvalue weighted by Gasteiger charge is 2.47. The summed E-state index contributed by atoms with van der Waals surface area (Å²) in [5.74, 6) is 0.420. The highest BCUT2D eigenvalue weighted by molar-refractivity contribution is 6.30. The molecular formula is C22H25ClN2O3. The van der Waals surface area contributed by atoms with E-state index in [1.165, 1.54) is 0 Å². The number of hydrogen-bond acceptors (Lipinski definition) is 3. The monoisotopic (exact) mass is 400 g/mol. The van der Waals surface area contributed by atoms with Gasteiger partial charge in [-0.05, 0) is 49.6 Å². The Bertz CT molecular complexity index is 864. The van der Waals surface area contributed by atoms with Crippen molar-refractivity contribution in [1.82, 2.24) is 4.90 Å². The van der Waals surface area contributed by atoms with Crippen LogP contribution in [0.25, 0.3) is 0 Å². The molecule has 1 aliphatic carbocycles. The van der Waals surface area contributed by atoms with Gasteiger partial charge in [0.2, 0.25) is 11.8 Å². The van der Waals surface area contributed by atoms with Gasteiger partial charge in [-0.1, -0.05) is 36.2 Å². The molecule has 1 aliphatic rings. The smallest absolute Gasteiger partial charge is 0.243 e. The number of ether oxygens (including phenoxy) is 1. The van der Waals surface area contributed by atoms with Gasteiger partial charge in [0, 0.05) is 23.3 Å². The first-order chi connectivity index (χ1) is 13.5. The fourth-order valence-corrected chi connectivity index (χ4v) is 3.84. The molecule has 2 aromatic rings. The number of benzene rings is 2. The van der Waals surface area contributed by atoms with Crippen molar-refractivity contribution in [3.63, 3.8) is 0 Å². The average Bonchev–Trinajstić information content (AvgIpc) is 2.65. The van der Waals surface area contributed by atoms with Gasteiger partial charge in [0.1, 0.15) is 5.75 Å². The zero-order valence-corrected chi connectivity index (χ0v) is 17.0. The molecule has 148 valence electrons. The van der Waals surface area contributed by atoms with Crippen molar-refractivity contribution in [3.05, 3.63) is 59.1 Å². The van der Waals surface area contributed by atoms with Crippen molar-refractivity contribution in [2.75, 3.05) is 25.5 Å². The first-order valence-electron chi connectivity index (χ1n) is 9.48. The lowest BCUT2D eigenvalue weighted by atomic mass is 9.63. The van der Waals surface area contributed by atoms with E-state index in [1.807, 2.05) is 31.2 Å². The second-order valence-corrected chi connectivity index (χ2v) is 7.48. The number of hydrogen-bond donors (Lipinski definition) is 1.